The van der Waals surface area contributed by atoms with Gasteiger partial charge in [0.15, 0.2) is 0 Å². The van der Waals surface area contributed by atoms with Gasteiger partial charge in [0.2, 0.25) is 0 Å². The molecule has 2 heterocycles. The molecule has 0 saturated heterocycles. The van der Waals surface area contributed by atoms with Crippen LogP contribution in [0.5, 0.6) is 0 Å². The Morgan fingerprint density at radius 2 is 1.74 bits per heavy atom. The molecule has 0 aliphatic heterocycles. The van der Waals surface area contributed by atoms with Crippen molar-refractivity contribution in [2.24, 2.45) is 0 Å². The van der Waals surface area contributed by atoms with Crippen LogP contribution in [0.2, 0.25) is 5.02 Å². The van der Waals surface area contributed by atoms with E-state index in [-0.39, 0.29) is 5.91 Å². The molecule has 168 valence electrons. The predicted molar refractivity (Wildman–Crippen MR) is 147 cm³/mol. The summed E-state index contributed by atoms with van der Waals surface area (Å²) < 4.78 is 0.812. The van der Waals surface area contributed by atoms with E-state index in [1.165, 1.54) is 11.3 Å². The number of benzene rings is 3. The molecule has 0 atom stereocenters. The van der Waals surface area contributed by atoms with Crippen LogP contribution >= 0.6 is 38.9 Å². The highest BCUT2D eigenvalue weighted by atomic mass is 79.9. The van der Waals surface area contributed by atoms with Gasteiger partial charge in [0.05, 0.1) is 17.1 Å². The molecule has 5 aromatic rings. The number of aryl methyl sites for hydroxylation is 1. The molecule has 0 spiro atoms. The molecule has 2 aromatic heterocycles. The van der Waals surface area contributed by atoms with E-state index in [0.717, 1.165) is 37.8 Å². The molecular formula is C27H19BrClN3OS. The first kappa shape index (κ1) is 22.6. The molecule has 0 saturated carbocycles. The van der Waals surface area contributed by atoms with E-state index in [2.05, 4.69) is 21.2 Å². The maximum absolute atomic E-state index is 13.2. The molecule has 5 rings (SSSR count). The van der Waals surface area contributed by atoms with Crippen molar-refractivity contribution in [2.45, 2.75) is 6.92 Å². The van der Waals surface area contributed by atoms with Gasteiger partial charge in [-0.05, 0) is 69.9 Å². The highest BCUT2D eigenvalue weighted by molar-refractivity contribution is 9.10. The summed E-state index contributed by atoms with van der Waals surface area (Å²) in [6.45, 7) is 1.99. The van der Waals surface area contributed by atoms with Gasteiger partial charge in [0, 0.05) is 20.4 Å². The van der Waals surface area contributed by atoms with Crippen molar-refractivity contribution in [1.29, 1.82) is 0 Å². The summed E-state index contributed by atoms with van der Waals surface area (Å²) in [7, 11) is 0. The van der Waals surface area contributed by atoms with Crippen molar-refractivity contribution in [3.8, 4) is 22.4 Å². The maximum Gasteiger partial charge on any atom is 0.267 e. The van der Waals surface area contributed by atoms with Crippen LogP contribution in [0.4, 0.5) is 11.4 Å². The van der Waals surface area contributed by atoms with Crippen molar-refractivity contribution in [1.82, 2.24) is 4.98 Å². The van der Waals surface area contributed by atoms with Crippen LogP contribution in [0.25, 0.3) is 32.6 Å². The minimum atomic E-state index is -0.270. The number of amides is 1. The molecular weight excluding hydrogens is 530 g/mol. The van der Waals surface area contributed by atoms with E-state index in [1.54, 1.807) is 0 Å². The van der Waals surface area contributed by atoms with Crippen LogP contribution in [0, 0.1) is 6.92 Å². The summed E-state index contributed by atoms with van der Waals surface area (Å²) in [6.07, 6.45) is 0. The monoisotopic (exact) mass is 547 g/mol. The van der Waals surface area contributed by atoms with E-state index in [4.69, 9.17) is 22.3 Å². The standard InChI is InChI=1S/C27H19BrClN3OS/c1-15-7-12-21(20(28)13-15)31-26(33)25-24(30)23-19(16-8-10-18(29)11-9-16)14-22(32-27(23)34-25)17-5-3-2-4-6-17/h2-14H,30H2,1H3,(H,31,33). The second-order valence-corrected chi connectivity index (χ2v) is 10.2. The predicted octanol–water partition coefficient (Wildman–Crippen LogP) is 8.19. The molecule has 7 heteroatoms. The van der Waals surface area contributed by atoms with Crippen molar-refractivity contribution >= 4 is 66.4 Å². The normalized spacial score (nSPS) is 11.0. The molecule has 34 heavy (non-hydrogen) atoms. The molecule has 3 aromatic carbocycles. The fourth-order valence-electron chi connectivity index (χ4n) is 3.80. The number of fused-ring (bicyclic) bond motifs is 1. The second-order valence-electron chi connectivity index (χ2n) is 7.89. The van der Waals surface area contributed by atoms with Crippen LogP contribution in [-0.2, 0) is 0 Å². The zero-order valence-electron chi connectivity index (χ0n) is 18.1. The van der Waals surface area contributed by atoms with E-state index < -0.39 is 0 Å². The number of nitrogens with one attached hydrogen (secondary N) is 1. The lowest BCUT2D eigenvalue weighted by Crippen LogP contribution is -2.12. The zero-order chi connectivity index (χ0) is 23.8. The fourth-order valence-corrected chi connectivity index (χ4v) is 5.54. The van der Waals surface area contributed by atoms with Crippen LogP contribution < -0.4 is 11.1 Å². The van der Waals surface area contributed by atoms with Gasteiger partial charge in [-0.2, -0.15) is 0 Å². The van der Waals surface area contributed by atoms with E-state index in [1.807, 2.05) is 85.8 Å². The summed E-state index contributed by atoms with van der Waals surface area (Å²) in [4.78, 5) is 19.2. The fraction of sp³-hybridized carbons (Fsp3) is 0.0370. The third-order valence-corrected chi connectivity index (χ3v) is 7.51. The lowest BCUT2D eigenvalue weighted by atomic mass is 9.99. The number of hydrogen-bond donors (Lipinski definition) is 2. The summed E-state index contributed by atoms with van der Waals surface area (Å²) in [6, 6.07) is 25.3. The van der Waals surface area contributed by atoms with E-state index in [9.17, 15) is 4.79 Å². The Morgan fingerprint density at radius 3 is 2.44 bits per heavy atom. The van der Waals surface area contributed by atoms with E-state index in [0.29, 0.717) is 26.1 Å². The second kappa shape index (κ2) is 9.22. The van der Waals surface area contributed by atoms with Crippen molar-refractivity contribution < 1.29 is 4.79 Å². The Hall–Kier alpha value is -3.19. The first-order valence-corrected chi connectivity index (χ1v) is 12.5. The van der Waals surface area contributed by atoms with Crippen molar-refractivity contribution in [3.63, 3.8) is 0 Å². The van der Waals surface area contributed by atoms with Gasteiger partial charge < -0.3 is 11.1 Å². The summed E-state index contributed by atoms with van der Waals surface area (Å²) in [5.41, 5.74) is 12.4. The molecule has 0 radical (unpaired) electrons. The van der Waals surface area contributed by atoms with Crippen LogP contribution in [0.3, 0.4) is 0 Å². The van der Waals surface area contributed by atoms with Gasteiger partial charge in [-0.1, -0.05) is 60.1 Å². The number of halogens is 2. The number of hydrogen-bond acceptors (Lipinski definition) is 4. The topological polar surface area (TPSA) is 68.0 Å². The quantitative estimate of drug-likeness (QED) is 0.238. The number of thiophene rings is 1. The minimum absolute atomic E-state index is 0.270. The van der Waals surface area contributed by atoms with Crippen molar-refractivity contribution in [2.75, 3.05) is 11.1 Å². The van der Waals surface area contributed by atoms with Crippen LogP contribution in [0.1, 0.15) is 15.2 Å². The van der Waals surface area contributed by atoms with Gasteiger partial charge in [0.1, 0.15) is 9.71 Å². The van der Waals surface area contributed by atoms with Gasteiger partial charge in [-0.3, -0.25) is 4.79 Å². The largest absolute Gasteiger partial charge is 0.397 e. The maximum atomic E-state index is 13.2. The zero-order valence-corrected chi connectivity index (χ0v) is 21.3. The first-order valence-electron chi connectivity index (χ1n) is 10.5. The smallest absolute Gasteiger partial charge is 0.267 e. The number of nitrogens with two attached hydrogens (primary N) is 1. The Kier molecular flexibility index (Phi) is 6.13. The number of carbonyl (C=O) groups excluding carboxylic acids is 1. The lowest BCUT2D eigenvalue weighted by molar-refractivity contribution is 0.103. The minimum Gasteiger partial charge on any atom is -0.397 e. The Bertz CT molecular complexity index is 1530. The van der Waals surface area contributed by atoms with Gasteiger partial charge in [-0.25, -0.2) is 4.98 Å². The molecule has 0 bridgehead atoms. The van der Waals surface area contributed by atoms with Gasteiger partial charge >= 0.3 is 0 Å². The lowest BCUT2D eigenvalue weighted by Gasteiger charge is -2.09. The number of anilines is 2. The molecule has 3 N–H and O–H groups in total. The molecule has 0 fully saturated rings. The molecule has 4 nitrogen and oxygen atoms in total. The van der Waals surface area contributed by atoms with Crippen LogP contribution in [0.15, 0.2) is 83.3 Å². The Labute approximate surface area is 214 Å². The third-order valence-electron chi connectivity index (χ3n) is 5.50. The first-order chi connectivity index (χ1) is 16.4. The van der Waals surface area contributed by atoms with E-state index >= 15 is 0 Å². The molecule has 0 unspecified atom stereocenters. The van der Waals surface area contributed by atoms with Crippen molar-refractivity contribution in [3.05, 3.63) is 98.8 Å². The Morgan fingerprint density at radius 1 is 1.00 bits per heavy atom. The molecule has 1 amide bonds. The highest BCUT2D eigenvalue weighted by Gasteiger charge is 2.22. The van der Waals surface area contributed by atoms with Crippen LogP contribution in [-0.4, -0.2) is 10.9 Å². The van der Waals surface area contributed by atoms with Gasteiger partial charge in [-0.15, -0.1) is 11.3 Å². The number of rotatable bonds is 4. The SMILES string of the molecule is Cc1ccc(NC(=O)c2sc3nc(-c4ccccc4)cc(-c4ccc(Cl)cc4)c3c2N)c(Br)c1. The number of aromatic nitrogens is 1. The summed E-state index contributed by atoms with van der Waals surface area (Å²) in [5, 5.41) is 4.38. The summed E-state index contributed by atoms with van der Waals surface area (Å²) >= 11 is 10.9. The molecule has 0 aliphatic carbocycles. The summed E-state index contributed by atoms with van der Waals surface area (Å²) in [5.74, 6) is -0.270. The number of nitrogen functional groups attached to an aromatic ring is 1. The number of carbonyl (C=O) groups is 1. The third kappa shape index (κ3) is 4.32. The average Bonchev–Trinajstić information content (AvgIpc) is 3.18. The number of nitrogens with zero attached hydrogens (tertiary/aromatic N) is 1. The van der Waals surface area contributed by atoms with Gasteiger partial charge in [0.25, 0.3) is 5.91 Å². The molecule has 0 aliphatic rings. The Balaban J connectivity index is 1.66. The average molecular weight is 549 g/mol. The highest BCUT2D eigenvalue weighted by Crippen LogP contribution is 2.42. The number of pyridine rings is 1.